The van der Waals surface area contributed by atoms with Gasteiger partial charge < -0.3 is 24.8 Å². The van der Waals surface area contributed by atoms with Crippen LogP contribution in [0, 0.1) is 5.92 Å². The lowest BCUT2D eigenvalue weighted by molar-refractivity contribution is -0.138. The average molecular weight is 589 g/mol. The van der Waals surface area contributed by atoms with Crippen LogP contribution in [0.15, 0.2) is 29.2 Å². The van der Waals surface area contributed by atoms with E-state index in [-0.39, 0.29) is 42.0 Å². The van der Waals surface area contributed by atoms with Crippen molar-refractivity contribution in [3.63, 3.8) is 0 Å². The van der Waals surface area contributed by atoms with Gasteiger partial charge in [-0.15, -0.1) is 0 Å². The maximum absolute atomic E-state index is 13.9. The lowest BCUT2D eigenvalue weighted by atomic mass is 9.81. The SMILES string of the molecule is O=C(NC(c1cn2ncc(CN3CC(F)(F)CNC3=O)cc2n1)C1CCC(F)(F)CC1)c1conc1COC(F)F. The van der Waals surface area contributed by atoms with Gasteiger partial charge >= 0.3 is 12.6 Å². The van der Waals surface area contributed by atoms with E-state index in [1.165, 1.54) is 23.0 Å². The Labute approximate surface area is 228 Å². The van der Waals surface area contributed by atoms with E-state index in [0.29, 0.717) is 5.56 Å². The van der Waals surface area contributed by atoms with Crippen molar-refractivity contribution in [2.75, 3.05) is 13.1 Å². The molecule has 1 saturated carbocycles. The minimum atomic E-state index is -3.10. The molecular formula is C24H25F6N7O4. The zero-order valence-electron chi connectivity index (χ0n) is 21.3. The summed E-state index contributed by atoms with van der Waals surface area (Å²) >= 11 is 0. The van der Waals surface area contributed by atoms with Crippen LogP contribution in [0.3, 0.4) is 0 Å². The number of rotatable bonds is 9. The van der Waals surface area contributed by atoms with Crippen LogP contribution in [-0.2, 0) is 17.9 Å². The highest BCUT2D eigenvalue weighted by Crippen LogP contribution is 2.41. The third kappa shape index (κ3) is 6.71. The predicted octanol–water partition coefficient (Wildman–Crippen LogP) is 3.91. The number of alkyl halides is 6. The minimum Gasteiger partial charge on any atom is -0.364 e. The number of imidazole rings is 1. The second-order valence-electron chi connectivity index (χ2n) is 10.1. The van der Waals surface area contributed by atoms with Gasteiger partial charge in [0.2, 0.25) is 5.92 Å². The lowest BCUT2D eigenvalue weighted by Crippen LogP contribution is -2.56. The van der Waals surface area contributed by atoms with Crippen LogP contribution >= 0.6 is 0 Å². The molecule has 0 bridgehead atoms. The first kappa shape index (κ1) is 28.6. The maximum atomic E-state index is 13.9. The molecule has 1 saturated heterocycles. The fourth-order valence-corrected chi connectivity index (χ4v) is 4.98. The maximum Gasteiger partial charge on any atom is 0.345 e. The Morgan fingerprint density at radius 2 is 1.98 bits per heavy atom. The summed E-state index contributed by atoms with van der Waals surface area (Å²) in [5, 5.41) is 12.6. The molecule has 41 heavy (non-hydrogen) atoms. The van der Waals surface area contributed by atoms with Crippen molar-refractivity contribution in [2.24, 2.45) is 5.92 Å². The van der Waals surface area contributed by atoms with E-state index in [2.05, 4.69) is 30.6 Å². The van der Waals surface area contributed by atoms with Gasteiger partial charge in [-0.1, -0.05) is 5.16 Å². The smallest absolute Gasteiger partial charge is 0.345 e. The van der Waals surface area contributed by atoms with Crippen molar-refractivity contribution in [2.45, 2.75) is 63.3 Å². The van der Waals surface area contributed by atoms with E-state index in [1.807, 2.05) is 0 Å². The monoisotopic (exact) mass is 589 g/mol. The number of urea groups is 1. The minimum absolute atomic E-state index is 0.0633. The molecule has 1 unspecified atom stereocenters. The molecule has 0 radical (unpaired) electrons. The number of hydrogen-bond acceptors (Lipinski definition) is 7. The molecule has 1 aliphatic heterocycles. The Hall–Kier alpha value is -3.89. The number of amides is 3. The van der Waals surface area contributed by atoms with Gasteiger partial charge in [-0.05, 0) is 30.4 Å². The van der Waals surface area contributed by atoms with Crippen molar-refractivity contribution in [1.29, 1.82) is 0 Å². The molecule has 17 heteroatoms. The molecule has 1 atom stereocenters. The van der Waals surface area contributed by atoms with Gasteiger partial charge in [0.15, 0.2) is 5.65 Å². The summed E-state index contributed by atoms with van der Waals surface area (Å²) < 4.78 is 90.8. The molecule has 4 heterocycles. The molecule has 5 rings (SSSR count). The van der Waals surface area contributed by atoms with E-state index in [0.717, 1.165) is 11.2 Å². The Morgan fingerprint density at radius 3 is 2.71 bits per heavy atom. The van der Waals surface area contributed by atoms with Crippen molar-refractivity contribution in [1.82, 2.24) is 35.3 Å². The topological polar surface area (TPSA) is 127 Å². The summed E-state index contributed by atoms with van der Waals surface area (Å²) in [5.41, 5.74) is 0.608. The number of nitrogens with one attached hydrogen (secondary N) is 2. The number of ether oxygens (including phenoxy) is 1. The van der Waals surface area contributed by atoms with Gasteiger partial charge in [-0.25, -0.2) is 31.9 Å². The van der Waals surface area contributed by atoms with Gasteiger partial charge in [-0.3, -0.25) is 4.79 Å². The Morgan fingerprint density at radius 1 is 1.22 bits per heavy atom. The van der Waals surface area contributed by atoms with Crippen LogP contribution in [0.5, 0.6) is 0 Å². The van der Waals surface area contributed by atoms with Crippen LogP contribution in [0.1, 0.15) is 59.0 Å². The molecular weight excluding hydrogens is 564 g/mol. The Bertz CT molecular complexity index is 1400. The summed E-state index contributed by atoms with van der Waals surface area (Å²) in [7, 11) is 0. The number of carbonyl (C=O) groups excluding carboxylic acids is 2. The molecule has 2 fully saturated rings. The van der Waals surface area contributed by atoms with E-state index in [4.69, 9.17) is 4.52 Å². The Kier molecular flexibility index (Phi) is 7.80. The first-order valence-electron chi connectivity index (χ1n) is 12.7. The highest BCUT2D eigenvalue weighted by Gasteiger charge is 2.40. The second-order valence-corrected chi connectivity index (χ2v) is 10.1. The molecule has 1 aliphatic carbocycles. The van der Waals surface area contributed by atoms with E-state index >= 15 is 0 Å². The lowest BCUT2D eigenvalue weighted by Gasteiger charge is -2.33. The predicted molar refractivity (Wildman–Crippen MR) is 126 cm³/mol. The highest BCUT2D eigenvalue weighted by molar-refractivity contribution is 5.95. The van der Waals surface area contributed by atoms with E-state index in [9.17, 15) is 35.9 Å². The molecule has 0 spiro atoms. The third-order valence-corrected chi connectivity index (χ3v) is 7.05. The summed E-state index contributed by atoms with van der Waals surface area (Å²) in [6.07, 6.45) is 3.16. The van der Waals surface area contributed by atoms with Crippen molar-refractivity contribution >= 4 is 17.6 Å². The highest BCUT2D eigenvalue weighted by atomic mass is 19.3. The van der Waals surface area contributed by atoms with Gasteiger partial charge in [0.25, 0.3) is 11.8 Å². The largest absolute Gasteiger partial charge is 0.364 e. The third-order valence-electron chi connectivity index (χ3n) is 7.05. The van der Waals surface area contributed by atoms with Gasteiger partial charge in [-0.2, -0.15) is 13.9 Å². The number of nitrogens with zero attached hydrogens (tertiary/aromatic N) is 5. The number of fused-ring (bicyclic) bond motifs is 1. The van der Waals surface area contributed by atoms with E-state index in [1.54, 1.807) is 0 Å². The molecule has 0 aromatic carbocycles. The van der Waals surface area contributed by atoms with Crippen LogP contribution < -0.4 is 10.6 Å². The van der Waals surface area contributed by atoms with Gasteiger partial charge in [0.05, 0.1) is 43.8 Å². The van der Waals surface area contributed by atoms with Crippen molar-refractivity contribution in [3.05, 3.63) is 47.2 Å². The fraction of sp³-hybridized carbons (Fsp3) is 0.542. The molecule has 222 valence electrons. The summed E-state index contributed by atoms with van der Waals surface area (Å²) in [6, 6.07) is 0.00218. The Balaban J connectivity index is 1.39. The summed E-state index contributed by atoms with van der Waals surface area (Å²) in [5.74, 6) is -7.15. The van der Waals surface area contributed by atoms with E-state index < -0.39 is 74.9 Å². The normalized spacial score (nSPS) is 19.9. The number of halogens is 6. The first-order chi connectivity index (χ1) is 19.4. The molecule has 3 aromatic heterocycles. The molecule has 2 aliphatic rings. The van der Waals surface area contributed by atoms with Gasteiger partial charge in [0.1, 0.15) is 17.5 Å². The second kappa shape index (κ2) is 11.2. The average Bonchev–Trinajstić information content (AvgIpc) is 3.55. The van der Waals surface area contributed by atoms with Crippen LogP contribution in [0.4, 0.5) is 31.1 Å². The first-order valence-corrected chi connectivity index (χ1v) is 12.7. The standard InChI is InChI=1S/C24H25F6N7O4/c25-21(26)40-10-17-15(9-41-35-17)20(38)34-19(14-1-3-23(27,28)4-2-14)16-8-37-18(33-16)5-13(6-32-37)7-36-12-24(29,30)11-31-22(36)39/h5-6,8-9,14,19,21H,1-4,7,10-12H2,(H,31,39)(H,34,38). The zero-order valence-corrected chi connectivity index (χ0v) is 21.3. The van der Waals surface area contributed by atoms with Crippen molar-refractivity contribution in [3.8, 4) is 0 Å². The number of carbonyl (C=O) groups is 2. The number of hydrogen-bond donors (Lipinski definition) is 2. The molecule has 3 aromatic rings. The number of aromatic nitrogens is 4. The molecule has 3 amide bonds. The summed E-state index contributed by atoms with van der Waals surface area (Å²) in [4.78, 5) is 30.7. The fourth-order valence-electron chi connectivity index (χ4n) is 4.98. The molecule has 2 N–H and O–H groups in total. The molecule has 11 nitrogen and oxygen atoms in total. The van der Waals surface area contributed by atoms with Crippen LogP contribution in [0.25, 0.3) is 5.65 Å². The van der Waals surface area contributed by atoms with Crippen LogP contribution in [0.2, 0.25) is 0 Å². The van der Waals surface area contributed by atoms with Gasteiger partial charge in [0, 0.05) is 19.4 Å². The van der Waals surface area contributed by atoms with Crippen LogP contribution in [-0.4, -0.2) is 68.1 Å². The zero-order chi connectivity index (χ0) is 29.4. The quantitative estimate of drug-likeness (QED) is 0.363. The summed E-state index contributed by atoms with van der Waals surface area (Å²) in [6.45, 7) is -5.48. The van der Waals surface area contributed by atoms with Crippen molar-refractivity contribution < 1.29 is 45.2 Å².